The van der Waals surface area contributed by atoms with Crippen molar-refractivity contribution in [2.75, 3.05) is 0 Å². The Morgan fingerprint density at radius 1 is 0.875 bits per heavy atom. The Labute approximate surface area is 98.3 Å². The number of aromatic nitrogens is 2. The number of hydrogen-bond acceptors (Lipinski definition) is 3. The van der Waals surface area contributed by atoms with Crippen molar-refractivity contribution in [3.05, 3.63) is 17.5 Å². The maximum Gasteiger partial charge on any atom is 0.317 e. The third kappa shape index (κ3) is 3.47. The van der Waals surface area contributed by atoms with E-state index in [9.17, 15) is 0 Å². The second-order valence-electron chi connectivity index (χ2n) is 4.98. The van der Waals surface area contributed by atoms with E-state index < -0.39 is 0 Å². The van der Waals surface area contributed by atoms with Crippen LogP contribution in [-0.4, -0.2) is 16.1 Å². The minimum atomic E-state index is 0.113. The first kappa shape index (κ1) is 12.9. The topological polar surface area (TPSA) is 35.0 Å². The number of nitrogens with zero attached hydrogens (tertiary/aromatic N) is 2. The summed E-state index contributed by atoms with van der Waals surface area (Å²) in [6, 6.07) is 2.58. The van der Waals surface area contributed by atoms with Gasteiger partial charge < -0.3 is 4.74 Å². The highest BCUT2D eigenvalue weighted by Gasteiger charge is 2.11. The average molecular weight is 222 g/mol. The third-order valence-corrected chi connectivity index (χ3v) is 2.27. The van der Waals surface area contributed by atoms with Gasteiger partial charge in [0.15, 0.2) is 0 Å². The van der Waals surface area contributed by atoms with E-state index in [1.807, 2.05) is 13.8 Å². The molecule has 0 aliphatic heterocycles. The van der Waals surface area contributed by atoms with Gasteiger partial charge in [-0.25, -0.2) is 0 Å². The molecule has 0 fully saturated rings. The lowest BCUT2D eigenvalue weighted by atomic mass is 10.1. The number of ether oxygens (including phenoxy) is 1. The van der Waals surface area contributed by atoms with Crippen LogP contribution in [0.2, 0.25) is 0 Å². The SMILES string of the molecule is CC(C)Oc1nc(C(C)C)cc(C(C)C)n1. The summed E-state index contributed by atoms with van der Waals surface area (Å²) in [5, 5.41) is 0. The van der Waals surface area contributed by atoms with Gasteiger partial charge >= 0.3 is 6.01 Å². The molecule has 90 valence electrons. The van der Waals surface area contributed by atoms with Crippen molar-refractivity contribution < 1.29 is 4.74 Å². The summed E-state index contributed by atoms with van der Waals surface area (Å²) in [7, 11) is 0. The molecule has 1 aromatic heterocycles. The van der Waals surface area contributed by atoms with Crippen LogP contribution in [0.1, 0.15) is 64.8 Å². The fourth-order valence-electron chi connectivity index (χ4n) is 1.32. The number of hydrogen-bond donors (Lipinski definition) is 0. The maximum absolute atomic E-state index is 5.57. The van der Waals surface area contributed by atoms with Crippen molar-refractivity contribution in [2.45, 2.75) is 59.5 Å². The Balaban J connectivity index is 3.08. The molecule has 0 saturated carbocycles. The van der Waals surface area contributed by atoms with Crippen LogP contribution in [0.5, 0.6) is 6.01 Å². The minimum absolute atomic E-state index is 0.113. The van der Waals surface area contributed by atoms with Crippen molar-refractivity contribution >= 4 is 0 Å². The predicted molar refractivity (Wildman–Crippen MR) is 66.0 cm³/mol. The largest absolute Gasteiger partial charge is 0.461 e. The fraction of sp³-hybridized carbons (Fsp3) is 0.692. The van der Waals surface area contributed by atoms with Gasteiger partial charge in [-0.05, 0) is 31.7 Å². The second kappa shape index (κ2) is 5.28. The molecular formula is C13H22N2O. The van der Waals surface area contributed by atoms with E-state index in [-0.39, 0.29) is 6.10 Å². The van der Waals surface area contributed by atoms with Crippen molar-refractivity contribution in [1.29, 1.82) is 0 Å². The van der Waals surface area contributed by atoms with Gasteiger partial charge in [0, 0.05) is 0 Å². The van der Waals surface area contributed by atoms with E-state index in [4.69, 9.17) is 4.74 Å². The fourth-order valence-corrected chi connectivity index (χ4v) is 1.32. The summed E-state index contributed by atoms with van der Waals surface area (Å²) < 4.78 is 5.57. The normalized spacial score (nSPS) is 11.6. The van der Waals surface area contributed by atoms with Gasteiger partial charge in [-0.1, -0.05) is 27.7 Å². The Bertz CT molecular complexity index is 320. The molecule has 0 bridgehead atoms. The van der Waals surface area contributed by atoms with Crippen LogP contribution in [0.15, 0.2) is 6.07 Å². The smallest absolute Gasteiger partial charge is 0.317 e. The van der Waals surface area contributed by atoms with Gasteiger partial charge in [-0.15, -0.1) is 0 Å². The molecule has 0 spiro atoms. The van der Waals surface area contributed by atoms with Crippen molar-refractivity contribution in [2.24, 2.45) is 0 Å². The van der Waals surface area contributed by atoms with Crippen molar-refractivity contribution in [1.82, 2.24) is 9.97 Å². The highest BCUT2D eigenvalue weighted by molar-refractivity contribution is 5.18. The molecule has 0 unspecified atom stereocenters. The van der Waals surface area contributed by atoms with Crippen LogP contribution in [0, 0.1) is 0 Å². The van der Waals surface area contributed by atoms with Crippen LogP contribution in [0.25, 0.3) is 0 Å². The zero-order chi connectivity index (χ0) is 12.3. The Hall–Kier alpha value is -1.12. The highest BCUT2D eigenvalue weighted by atomic mass is 16.5. The van der Waals surface area contributed by atoms with Gasteiger partial charge in [0.05, 0.1) is 17.5 Å². The Kier molecular flexibility index (Phi) is 4.27. The van der Waals surface area contributed by atoms with Crippen LogP contribution in [-0.2, 0) is 0 Å². The van der Waals surface area contributed by atoms with Gasteiger partial charge in [0.25, 0.3) is 0 Å². The Morgan fingerprint density at radius 2 is 1.31 bits per heavy atom. The first-order valence-electron chi connectivity index (χ1n) is 5.95. The molecule has 3 heteroatoms. The molecular weight excluding hydrogens is 200 g/mol. The average Bonchev–Trinajstić information content (AvgIpc) is 2.15. The summed E-state index contributed by atoms with van der Waals surface area (Å²) >= 11 is 0. The molecule has 0 aliphatic carbocycles. The first-order valence-corrected chi connectivity index (χ1v) is 5.95. The third-order valence-electron chi connectivity index (χ3n) is 2.27. The predicted octanol–water partition coefficient (Wildman–Crippen LogP) is 3.51. The highest BCUT2D eigenvalue weighted by Crippen LogP contribution is 2.21. The molecule has 1 heterocycles. The van der Waals surface area contributed by atoms with Crippen molar-refractivity contribution in [3.8, 4) is 6.01 Å². The molecule has 0 atom stereocenters. The van der Waals surface area contributed by atoms with E-state index in [1.54, 1.807) is 0 Å². The molecule has 0 aliphatic rings. The van der Waals surface area contributed by atoms with Crippen molar-refractivity contribution in [3.63, 3.8) is 0 Å². The Morgan fingerprint density at radius 3 is 1.62 bits per heavy atom. The molecule has 0 amide bonds. The lowest BCUT2D eigenvalue weighted by Gasteiger charge is -2.14. The van der Waals surface area contributed by atoms with Crippen LogP contribution >= 0.6 is 0 Å². The first-order chi connectivity index (χ1) is 7.40. The maximum atomic E-state index is 5.57. The van der Waals surface area contributed by atoms with Gasteiger partial charge in [0.2, 0.25) is 0 Å². The molecule has 0 saturated heterocycles. The van der Waals surface area contributed by atoms with Gasteiger partial charge in [-0.2, -0.15) is 9.97 Å². The van der Waals surface area contributed by atoms with Crippen LogP contribution < -0.4 is 4.74 Å². The monoisotopic (exact) mass is 222 g/mol. The lowest BCUT2D eigenvalue weighted by Crippen LogP contribution is -2.11. The lowest BCUT2D eigenvalue weighted by molar-refractivity contribution is 0.220. The van der Waals surface area contributed by atoms with Gasteiger partial charge in [0.1, 0.15) is 0 Å². The second-order valence-corrected chi connectivity index (χ2v) is 4.98. The summed E-state index contributed by atoms with van der Waals surface area (Å²) in [6.07, 6.45) is 0.113. The molecule has 0 N–H and O–H groups in total. The van der Waals surface area contributed by atoms with Crippen LogP contribution in [0.4, 0.5) is 0 Å². The van der Waals surface area contributed by atoms with Gasteiger partial charge in [-0.3, -0.25) is 0 Å². The molecule has 0 aromatic carbocycles. The zero-order valence-electron chi connectivity index (χ0n) is 11.1. The van der Waals surface area contributed by atoms with E-state index in [2.05, 4.69) is 43.7 Å². The van der Waals surface area contributed by atoms with E-state index in [0.29, 0.717) is 17.8 Å². The summed E-state index contributed by atoms with van der Waals surface area (Å²) in [5.74, 6) is 0.796. The van der Waals surface area contributed by atoms with E-state index >= 15 is 0 Å². The zero-order valence-corrected chi connectivity index (χ0v) is 11.1. The molecule has 3 nitrogen and oxygen atoms in total. The molecule has 1 rings (SSSR count). The molecule has 0 radical (unpaired) electrons. The minimum Gasteiger partial charge on any atom is -0.461 e. The van der Waals surface area contributed by atoms with Crippen LogP contribution in [0.3, 0.4) is 0 Å². The summed E-state index contributed by atoms with van der Waals surface area (Å²) in [6.45, 7) is 12.5. The number of rotatable bonds is 4. The van der Waals surface area contributed by atoms with E-state index in [1.165, 1.54) is 0 Å². The standard InChI is InChI=1S/C13H22N2O/c1-8(2)11-7-12(9(3)4)15-13(14-11)16-10(5)6/h7-10H,1-6H3. The quantitative estimate of drug-likeness (QED) is 0.782. The van der Waals surface area contributed by atoms with E-state index in [0.717, 1.165) is 11.4 Å². The summed E-state index contributed by atoms with van der Waals surface area (Å²) in [4.78, 5) is 8.84. The molecule has 1 aromatic rings. The molecule has 16 heavy (non-hydrogen) atoms. The summed E-state index contributed by atoms with van der Waals surface area (Å²) in [5.41, 5.74) is 2.10.